The minimum atomic E-state index is -0.985. The molecule has 0 saturated carbocycles. The van der Waals surface area contributed by atoms with Gasteiger partial charge in [-0.15, -0.1) is 0 Å². The molecule has 1 aliphatic heterocycles. The average Bonchev–Trinajstić information content (AvgIpc) is 3.26. The van der Waals surface area contributed by atoms with Gasteiger partial charge in [0.1, 0.15) is 18.7 Å². The van der Waals surface area contributed by atoms with Crippen LogP contribution in [0.4, 0.5) is 10.5 Å². The maximum atomic E-state index is 13.3. The van der Waals surface area contributed by atoms with Crippen molar-refractivity contribution >= 4 is 59.0 Å². The normalized spacial score (nSPS) is 15.6. The number of amides is 7. The molecule has 0 bridgehead atoms. The van der Waals surface area contributed by atoms with Crippen molar-refractivity contribution in [3.05, 3.63) is 29.8 Å². The lowest BCUT2D eigenvalue weighted by Crippen LogP contribution is -2.54. The number of nitrogens with zero attached hydrogens (tertiary/aromatic N) is 1. The number of hydrogen-bond donors (Lipinski definition) is 5. The Morgan fingerprint density at radius 3 is 2.30 bits per heavy atom. The summed E-state index contributed by atoms with van der Waals surface area (Å²) in [5.41, 5.74) is 6.34. The number of hydrogen-bond acceptors (Lipinski definition) is 9. The summed E-state index contributed by atoms with van der Waals surface area (Å²) in [7, 11) is 0. The van der Waals surface area contributed by atoms with Crippen LogP contribution in [0.15, 0.2) is 24.3 Å². The molecule has 2 rings (SSSR count). The SMILES string of the molecule is CSCC(=O)OCc1ccc(NC(=O)[C@H](CCCNC(N)=O)NC(=O)[C@@H](NC(=O)CCCCCN2C(=O)CC(C)C2=O)C(C)C)cc1. The van der Waals surface area contributed by atoms with Crippen molar-refractivity contribution < 1.29 is 38.3 Å². The highest BCUT2D eigenvalue weighted by Gasteiger charge is 2.35. The lowest BCUT2D eigenvalue weighted by Gasteiger charge is -2.25. The third-order valence-electron chi connectivity index (χ3n) is 7.51. The van der Waals surface area contributed by atoms with Crippen molar-refractivity contribution in [1.29, 1.82) is 0 Å². The van der Waals surface area contributed by atoms with E-state index in [-0.39, 0.29) is 73.7 Å². The Morgan fingerprint density at radius 1 is 1.00 bits per heavy atom. The predicted molar refractivity (Wildman–Crippen MR) is 178 cm³/mol. The third-order valence-corrected chi connectivity index (χ3v) is 8.03. The van der Waals surface area contributed by atoms with Gasteiger partial charge in [-0.3, -0.25) is 33.7 Å². The standard InChI is InChI=1S/C32H48N6O8S/c1-20(2)28(37-25(39)10-6-5-7-16-38-26(40)17-21(3)31(38)44)30(43)36-24(9-8-15-34-32(33)45)29(42)35-23-13-11-22(12-14-23)18-46-27(41)19-47-4/h11-14,20-21,24,28H,5-10,15-19H2,1-4H3,(H,35,42)(H,36,43)(H,37,39)(H3,33,34,45)/t21?,24-,28-/m0/s1. The smallest absolute Gasteiger partial charge is 0.316 e. The molecular weight excluding hydrogens is 628 g/mol. The topological polar surface area (TPSA) is 206 Å². The van der Waals surface area contributed by atoms with Gasteiger partial charge in [0.25, 0.3) is 0 Å². The van der Waals surface area contributed by atoms with Gasteiger partial charge >= 0.3 is 12.0 Å². The minimum Gasteiger partial charge on any atom is -0.460 e. The zero-order chi connectivity index (χ0) is 34.9. The van der Waals surface area contributed by atoms with Crippen LogP contribution in [0, 0.1) is 11.8 Å². The number of imide groups is 1. The van der Waals surface area contributed by atoms with Crippen LogP contribution < -0.4 is 27.0 Å². The number of likely N-dealkylation sites (tertiary alicyclic amines) is 1. The molecule has 260 valence electrons. The van der Waals surface area contributed by atoms with E-state index in [1.165, 1.54) is 16.7 Å². The number of nitrogens with two attached hydrogens (primary N) is 1. The summed E-state index contributed by atoms with van der Waals surface area (Å²) >= 11 is 1.37. The minimum absolute atomic E-state index is 0.0986. The number of nitrogens with one attached hydrogen (secondary N) is 4. The van der Waals surface area contributed by atoms with Crippen LogP contribution >= 0.6 is 11.8 Å². The van der Waals surface area contributed by atoms with E-state index in [0.29, 0.717) is 37.9 Å². The summed E-state index contributed by atoms with van der Waals surface area (Å²) in [4.78, 5) is 87.3. The number of benzene rings is 1. The Morgan fingerprint density at radius 2 is 1.70 bits per heavy atom. The molecule has 1 aromatic rings. The summed E-state index contributed by atoms with van der Waals surface area (Å²) in [6, 6.07) is 4.14. The van der Waals surface area contributed by atoms with Crippen LogP contribution in [0.3, 0.4) is 0 Å². The molecule has 7 amide bonds. The van der Waals surface area contributed by atoms with Gasteiger partial charge < -0.3 is 31.7 Å². The fourth-order valence-electron chi connectivity index (χ4n) is 4.88. The molecule has 1 aromatic carbocycles. The van der Waals surface area contributed by atoms with Gasteiger partial charge in [-0.2, -0.15) is 11.8 Å². The predicted octanol–water partition coefficient (Wildman–Crippen LogP) is 2.06. The van der Waals surface area contributed by atoms with E-state index in [0.717, 1.165) is 5.56 Å². The zero-order valence-electron chi connectivity index (χ0n) is 27.6. The summed E-state index contributed by atoms with van der Waals surface area (Å²) < 4.78 is 5.19. The number of carbonyl (C=O) groups excluding carboxylic acids is 7. The van der Waals surface area contributed by atoms with E-state index in [1.54, 1.807) is 51.3 Å². The first-order valence-corrected chi connectivity index (χ1v) is 17.2. The van der Waals surface area contributed by atoms with E-state index < -0.39 is 29.9 Å². The molecule has 3 atom stereocenters. The Balaban J connectivity index is 1.94. The van der Waals surface area contributed by atoms with Gasteiger partial charge in [0.2, 0.25) is 29.5 Å². The summed E-state index contributed by atoms with van der Waals surface area (Å²) in [6.45, 7) is 5.92. The Hall–Kier alpha value is -4.14. The van der Waals surface area contributed by atoms with Crippen LogP contribution in [0.25, 0.3) is 0 Å². The second-order valence-corrected chi connectivity index (χ2v) is 12.7. The van der Waals surface area contributed by atoms with Crippen molar-refractivity contribution in [3.8, 4) is 0 Å². The second kappa shape index (κ2) is 20.2. The van der Waals surface area contributed by atoms with Crippen molar-refractivity contribution in [2.45, 2.75) is 84.4 Å². The molecule has 1 unspecified atom stereocenters. The molecular formula is C32H48N6O8S. The van der Waals surface area contributed by atoms with E-state index >= 15 is 0 Å². The maximum absolute atomic E-state index is 13.3. The molecule has 47 heavy (non-hydrogen) atoms. The molecule has 1 heterocycles. The molecule has 0 aliphatic carbocycles. The Bertz CT molecular complexity index is 1260. The lowest BCUT2D eigenvalue weighted by molar-refractivity contribution is -0.142. The van der Waals surface area contributed by atoms with Crippen LogP contribution in [-0.4, -0.2) is 83.6 Å². The highest BCUT2D eigenvalue weighted by Crippen LogP contribution is 2.19. The summed E-state index contributed by atoms with van der Waals surface area (Å²) in [6.07, 6.45) is 4.45. The van der Waals surface area contributed by atoms with Crippen molar-refractivity contribution in [2.24, 2.45) is 17.6 Å². The number of primary amides is 1. The Kier molecular flexibility index (Phi) is 16.8. The molecule has 15 heteroatoms. The number of esters is 1. The molecule has 0 radical (unpaired) electrons. The molecule has 14 nitrogen and oxygen atoms in total. The number of rotatable bonds is 20. The largest absolute Gasteiger partial charge is 0.460 e. The molecule has 0 spiro atoms. The van der Waals surface area contributed by atoms with E-state index in [1.807, 2.05) is 0 Å². The van der Waals surface area contributed by atoms with E-state index in [4.69, 9.17) is 10.5 Å². The van der Waals surface area contributed by atoms with Crippen molar-refractivity contribution in [1.82, 2.24) is 20.9 Å². The molecule has 1 fully saturated rings. The van der Waals surface area contributed by atoms with Gasteiger partial charge in [0, 0.05) is 37.5 Å². The first kappa shape index (κ1) is 39.0. The zero-order valence-corrected chi connectivity index (χ0v) is 28.4. The van der Waals surface area contributed by atoms with Crippen molar-refractivity contribution in [3.63, 3.8) is 0 Å². The molecule has 6 N–H and O–H groups in total. The number of ether oxygens (including phenoxy) is 1. The Labute approximate surface area is 280 Å². The van der Waals surface area contributed by atoms with Crippen molar-refractivity contribution in [2.75, 3.05) is 30.4 Å². The molecule has 1 saturated heterocycles. The maximum Gasteiger partial charge on any atom is 0.316 e. The fourth-order valence-corrected chi connectivity index (χ4v) is 5.20. The van der Waals surface area contributed by atoms with Crippen LogP contribution in [-0.2, 0) is 40.1 Å². The van der Waals surface area contributed by atoms with Gasteiger partial charge in [-0.25, -0.2) is 4.79 Å². The van der Waals surface area contributed by atoms with Crippen LogP contribution in [0.5, 0.6) is 0 Å². The van der Waals surface area contributed by atoms with Crippen LogP contribution in [0.1, 0.15) is 71.3 Å². The van der Waals surface area contributed by atoms with E-state index in [2.05, 4.69) is 21.3 Å². The fraction of sp³-hybridized carbons (Fsp3) is 0.594. The third kappa shape index (κ3) is 14.0. The number of anilines is 1. The first-order chi connectivity index (χ1) is 22.3. The highest BCUT2D eigenvalue weighted by atomic mass is 32.2. The summed E-state index contributed by atoms with van der Waals surface area (Å²) in [5.74, 6) is -2.31. The number of thioether (sulfide) groups is 1. The second-order valence-electron chi connectivity index (χ2n) is 11.9. The average molecular weight is 677 g/mol. The number of urea groups is 1. The monoisotopic (exact) mass is 676 g/mol. The van der Waals surface area contributed by atoms with Gasteiger partial charge in [-0.1, -0.05) is 39.3 Å². The quantitative estimate of drug-likeness (QED) is 0.0777. The number of carbonyl (C=O) groups is 7. The molecule has 1 aliphatic rings. The highest BCUT2D eigenvalue weighted by molar-refractivity contribution is 7.99. The van der Waals surface area contributed by atoms with Gasteiger partial charge in [-0.05, 0) is 55.6 Å². The number of unbranched alkanes of at least 4 members (excludes halogenated alkanes) is 2. The van der Waals surface area contributed by atoms with Crippen LogP contribution in [0.2, 0.25) is 0 Å². The first-order valence-electron chi connectivity index (χ1n) is 15.8. The molecule has 0 aromatic heterocycles. The van der Waals surface area contributed by atoms with Gasteiger partial charge in [0.15, 0.2) is 0 Å². The van der Waals surface area contributed by atoms with E-state index in [9.17, 15) is 33.6 Å². The van der Waals surface area contributed by atoms with Gasteiger partial charge in [0.05, 0.1) is 5.75 Å². The summed E-state index contributed by atoms with van der Waals surface area (Å²) in [5, 5.41) is 10.8. The lowest BCUT2D eigenvalue weighted by atomic mass is 10.0.